The Morgan fingerprint density at radius 2 is 1.55 bits per heavy atom. The number of hydrogen-bond donors (Lipinski definition) is 0. The van der Waals surface area contributed by atoms with Crippen LogP contribution in [0.1, 0.15) is 27.7 Å². The molecule has 0 fully saturated rings. The first kappa shape index (κ1) is 22.8. The molecule has 0 atom stereocenters. The maximum atomic E-state index is 3.23. The number of hydrogen-bond acceptors (Lipinski definition) is 0. The van der Waals surface area contributed by atoms with E-state index in [0.29, 0.717) is 0 Å². The van der Waals surface area contributed by atoms with Gasteiger partial charge in [0.2, 0.25) is 0 Å². The molecule has 0 bridgehead atoms. The zero-order valence-electron chi connectivity index (χ0n) is 7.62. The molecule has 0 unspecified atom stereocenters. The SMILES string of the molecule is C/C=C(\C)Br.C[C-]=CC.[Br-].[Mg+2]. The summed E-state index contributed by atoms with van der Waals surface area (Å²) in [6.45, 7) is 7.81. The van der Waals surface area contributed by atoms with E-state index in [2.05, 4.69) is 22.0 Å². The fraction of sp³-hybridized carbons (Fsp3) is 0.500. The van der Waals surface area contributed by atoms with Crippen LogP contribution in [0.25, 0.3) is 0 Å². The predicted molar refractivity (Wildman–Crippen MR) is 53.3 cm³/mol. The molecule has 0 heterocycles. The molecule has 0 aliphatic heterocycles. The fourth-order valence-corrected chi connectivity index (χ4v) is 0. The van der Waals surface area contributed by atoms with Gasteiger partial charge in [0, 0.05) is 0 Å². The molecule has 0 N–H and O–H groups in total. The normalized spacial score (nSPS) is 9.00. The molecule has 0 aromatic rings. The maximum Gasteiger partial charge on any atom is 2.00 e. The van der Waals surface area contributed by atoms with Gasteiger partial charge in [0.15, 0.2) is 0 Å². The molecule has 3 heteroatoms. The van der Waals surface area contributed by atoms with Crippen molar-refractivity contribution in [3.8, 4) is 0 Å². The van der Waals surface area contributed by atoms with Crippen molar-refractivity contribution in [2.75, 3.05) is 0 Å². The molecule has 0 nitrogen and oxygen atoms in total. The second kappa shape index (κ2) is 22.5. The zero-order chi connectivity index (χ0) is 7.70. The van der Waals surface area contributed by atoms with Crippen LogP contribution in [0, 0.1) is 6.08 Å². The van der Waals surface area contributed by atoms with Crippen molar-refractivity contribution in [2.24, 2.45) is 0 Å². The Labute approximate surface area is 106 Å². The van der Waals surface area contributed by atoms with Crippen molar-refractivity contribution in [1.82, 2.24) is 0 Å². The average Bonchev–Trinajstić information content (AvgIpc) is 1.89. The van der Waals surface area contributed by atoms with E-state index in [1.807, 2.05) is 39.8 Å². The van der Waals surface area contributed by atoms with Gasteiger partial charge in [-0.25, -0.2) is 0 Å². The molecule has 0 saturated heterocycles. The molecule has 0 amide bonds. The van der Waals surface area contributed by atoms with Crippen LogP contribution in [-0.2, 0) is 0 Å². The number of rotatable bonds is 0. The van der Waals surface area contributed by atoms with Gasteiger partial charge in [-0.05, 0) is 18.3 Å². The second-order valence-electron chi connectivity index (χ2n) is 1.45. The molecule has 62 valence electrons. The van der Waals surface area contributed by atoms with Crippen LogP contribution in [0.4, 0.5) is 0 Å². The Bertz CT molecular complexity index is 90.3. The summed E-state index contributed by atoms with van der Waals surface area (Å²) in [7, 11) is 0. The van der Waals surface area contributed by atoms with Crippen LogP contribution < -0.4 is 17.0 Å². The third kappa shape index (κ3) is 53.7. The van der Waals surface area contributed by atoms with Crippen molar-refractivity contribution in [2.45, 2.75) is 27.7 Å². The first-order valence-electron chi connectivity index (χ1n) is 2.92. The van der Waals surface area contributed by atoms with Crippen LogP contribution >= 0.6 is 15.9 Å². The Kier molecular flexibility index (Phi) is 46.5. The molecule has 0 aromatic carbocycles. The minimum Gasteiger partial charge on any atom is -1.00 e. The van der Waals surface area contributed by atoms with E-state index in [0.717, 1.165) is 0 Å². The summed E-state index contributed by atoms with van der Waals surface area (Å²) >= 11 is 3.23. The van der Waals surface area contributed by atoms with Crippen LogP contribution in [0.3, 0.4) is 0 Å². The van der Waals surface area contributed by atoms with Crippen molar-refractivity contribution in [3.63, 3.8) is 0 Å². The second-order valence-corrected chi connectivity index (χ2v) is 2.70. The van der Waals surface area contributed by atoms with Crippen LogP contribution in [0.15, 0.2) is 16.6 Å². The van der Waals surface area contributed by atoms with Crippen LogP contribution in [0.5, 0.6) is 0 Å². The monoisotopic (exact) mass is 292 g/mol. The summed E-state index contributed by atoms with van der Waals surface area (Å²) in [4.78, 5) is 0. The smallest absolute Gasteiger partial charge is 1.00 e. The summed E-state index contributed by atoms with van der Waals surface area (Å²) < 4.78 is 1.19. The number of halogens is 2. The molecule has 0 aromatic heterocycles. The summed E-state index contributed by atoms with van der Waals surface area (Å²) in [6.07, 6.45) is 6.68. The van der Waals surface area contributed by atoms with Gasteiger partial charge in [-0.2, -0.15) is 6.92 Å². The predicted octanol–water partition coefficient (Wildman–Crippen LogP) is 0.314. The summed E-state index contributed by atoms with van der Waals surface area (Å²) in [5.74, 6) is 0. The van der Waals surface area contributed by atoms with Crippen LogP contribution in [-0.4, -0.2) is 23.1 Å². The zero-order valence-corrected chi connectivity index (χ0v) is 12.2. The van der Waals surface area contributed by atoms with E-state index in [-0.39, 0.29) is 40.0 Å². The first-order chi connectivity index (χ1) is 4.18. The molecular weight excluding hydrogens is 280 g/mol. The van der Waals surface area contributed by atoms with Gasteiger partial charge in [-0.3, -0.25) is 6.08 Å². The van der Waals surface area contributed by atoms with E-state index in [1.165, 1.54) is 4.48 Å². The van der Waals surface area contributed by atoms with Gasteiger partial charge in [0.05, 0.1) is 0 Å². The van der Waals surface area contributed by atoms with Crippen LogP contribution in [0.2, 0.25) is 0 Å². The van der Waals surface area contributed by atoms with Crippen molar-refractivity contribution in [1.29, 1.82) is 0 Å². The molecule has 0 aliphatic rings. The minimum absolute atomic E-state index is 0. The molecule has 11 heavy (non-hydrogen) atoms. The van der Waals surface area contributed by atoms with E-state index in [9.17, 15) is 0 Å². The van der Waals surface area contributed by atoms with Crippen molar-refractivity contribution in [3.05, 3.63) is 22.7 Å². The molecule has 0 radical (unpaired) electrons. The summed E-state index contributed by atoms with van der Waals surface area (Å²) in [5.41, 5.74) is 0. The van der Waals surface area contributed by atoms with E-state index < -0.39 is 0 Å². The van der Waals surface area contributed by atoms with Gasteiger partial charge < -0.3 is 23.1 Å². The molecule has 0 aliphatic carbocycles. The molecular formula is C8H14Br2Mg. The van der Waals surface area contributed by atoms with Crippen molar-refractivity contribution < 1.29 is 17.0 Å². The third-order valence-electron chi connectivity index (χ3n) is 0.686. The molecule has 0 spiro atoms. The quantitative estimate of drug-likeness (QED) is 0.446. The van der Waals surface area contributed by atoms with Crippen molar-refractivity contribution >= 4 is 39.0 Å². The Hall–Kier alpha value is 1.21. The Morgan fingerprint density at radius 1 is 1.36 bits per heavy atom. The number of allylic oxidation sites excluding steroid dienone is 4. The van der Waals surface area contributed by atoms with E-state index >= 15 is 0 Å². The maximum absolute atomic E-state index is 3.23. The fourth-order valence-electron chi connectivity index (χ4n) is 0. The largest absolute Gasteiger partial charge is 2.00 e. The van der Waals surface area contributed by atoms with Gasteiger partial charge >= 0.3 is 23.1 Å². The third-order valence-corrected chi connectivity index (χ3v) is 1.14. The molecule has 0 saturated carbocycles. The standard InChI is InChI=1S/C4H7Br.C4H7.BrH.Mg/c1-3-4(2)5;1-3-4-2;;/h3H,1-2H3;3H,1-2H3;1H;/q;-1;;+2/p-1/b4-3+;;;. The van der Waals surface area contributed by atoms with E-state index in [1.54, 1.807) is 0 Å². The Morgan fingerprint density at radius 3 is 1.55 bits per heavy atom. The van der Waals surface area contributed by atoms with E-state index in [4.69, 9.17) is 0 Å². The van der Waals surface area contributed by atoms with Gasteiger partial charge in [0.1, 0.15) is 0 Å². The molecule has 0 rings (SSSR count). The van der Waals surface area contributed by atoms with Gasteiger partial charge in [-0.15, -0.1) is 0 Å². The Balaban J connectivity index is -0.0000000383. The van der Waals surface area contributed by atoms with Gasteiger partial charge in [0.25, 0.3) is 0 Å². The summed E-state index contributed by atoms with van der Waals surface area (Å²) in [5, 5.41) is 0. The topological polar surface area (TPSA) is 0 Å². The minimum atomic E-state index is 0. The summed E-state index contributed by atoms with van der Waals surface area (Å²) in [6, 6.07) is 0. The average molecular weight is 294 g/mol. The van der Waals surface area contributed by atoms with Gasteiger partial charge in [-0.1, -0.05) is 28.9 Å². The first-order valence-corrected chi connectivity index (χ1v) is 3.71.